The third kappa shape index (κ3) is 16.1. The molecule has 0 aliphatic carbocycles. The minimum atomic E-state index is 0.858. The predicted molar refractivity (Wildman–Crippen MR) is 142 cm³/mol. The molecule has 3 atom stereocenters. The summed E-state index contributed by atoms with van der Waals surface area (Å²) in [6, 6.07) is 0. The summed E-state index contributed by atoms with van der Waals surface area (Å²) in [6.07, 6.45) is 23.7. The van der Waals surface area contributed by atoms with E-state index in [-0.39, 0.29) is 0 Å². The van der Waals surface area contributed by atoms with Gasteiger partial charge in [0.05, 0.1) is 6.54 Å². The van der Waals surface area contributed by atoms with Gasteiger partial charge in [-0.3, -0.25) is 0 Å². The zero-order valence-electron chi connectivity index (χ0n) is 22.0. The first-order valence-electron chi connectivity index (χ1n) is 13.7. The number of rotatable bonds is 20. The van der Waals surface area contributed by atoms with Gasteiger partial charge in [0.1, 0.15) is 0 Å². The molecule has 0 bridgehead atoms. The molecule has 1 aliphatic rings. The molecule has 182 valence electrons. The Labute approximate surface area is 200 Å². The van der Waals surface area contributed by atoms with E-state index in [4.69, 9.17) is 0 Å². The smallest absolute Gasteiger partial charge is 0.222 e. The van der Waals surface area contributed by atoms with Crippen molar-refractivity contribution in [2.75, 3.05) is 18.8 Å². The molecule has 1 N–H and O–H groups in total. The van der Waals surface area contributed by atoms with Crippen LogP contribution in [0.5, 0.6) is 0 Å². The van der Waals surface area contributed by atoms with E-state index in [1.54, 1.807) is 0 Å². The third-order valence-electron chi connectivity index (χ3n) is 6.56. The molecule has 3 heteroatoms. The lowest BCUT2D eigenvalue weighted by atomic mass is 9.94. The Morgan fingerprint density at radius 3 is 2.19 bits per heavy atom. The maximum absolute atomic E-state index is 2.49. The maximum atomic E-state index is 2.49. The molecule has 0 radical (unpaired) electrons. The van der Waals surface area contributed by atoms with Crippen LogP contribution in [0.1, 0.15) is 119 Å². The average molecular weight is 453 g/mol. The maximum Gasteiger partial charge on any atom is 0.335 e. The normalized spacial score (nSPS) is 18.2. The summed E-state index contributed by atoms with van der Waals surface area (Å²) in [5.74, 6) is 3.95. The standard InChI is InChI=1S/C28H55N2S/c1-7-8-19-29-21-22-30(24-29)20-12-23-31-28(16-10-9-13-25(2)3)18-17-27(6)15-11-14-26(4)5/h21-22,24-28H,7-20,23H2,1-6H3/q+1/p+1. The summed E-state index contributed by atoms with van der Waals surface area (Å²) < 4.78 is 2.38. The van der Waals surface area contributed by atoms with Gasteiger partial charge < -0.3 is 0 Å². The van der Waals surface area contributed by atoms with Crippen molar-refractivity contribution in [3.8, 4) is 0 Å². The minimum absolute atomic E-state index is 0.858. The van der Waals surface area contributed by atoms with Crippen molar-refractivity contribution < 1.29 is 9.48 Å². The van der Waals surface area contributed by atoms with Crippen LogP contribution >= 0.6 is 11.8 Å². The zero-order chi connectivity index (χ0) is 22.9. The Balaban J connectivity index is 2.29. The first-order valence-corrected chi connectivity index (χ1v) is 14.7. The SMILES string of the molecule is CCCC[N+]1=C[NH+](CCCSC(CCCCC(C)C)CCC(C)CCCC(C)C)C=C1. The Bertz CT molecular complexity index is 483. The van der Waals surface area contributed by atoms with Crippen LogP contribution in [-0.4, -0.2) is 35.0 Å². The van der Waals surface area contributed by atoms with E-state index in [2.05, 4.69) is 76.6 Å². The number of quaternary nitrogens is 1. The first-order chi connectivity index (χ1) is 14.9. The zero-order valence-corrected chi connectivity index (χ0v) is 22.8. The van der Waals surface area contributed by atoms with Crippen LogP contribution in [0.15, 0.2) is 12.4 Å². The van der Waals surface area contributed by atoms with E-state index in [1.165, 1.54) is 101 Å². The molecule has 0 amide bonds. The van der Waals surface area contributed by atoms with Crippen molar-refractivity contribution in [1.29, 1.82) is 0 Å². The molecule has 31 heavy (non-hydrogen) atoms. The predicted octanol–water partition coefficient (Wildman–Crippen LogP) is 7.15. The van der Waals surface area contributed by atoms with Gasteiger partial charge in [-0.1, -0.05) is 86.5 Å². The van der Waals surface area contributed by atoms with Crippen molar-refractivity contribution in [1.82, 2.24) is 0 Å². The summed E-state index contributed by atoms with van der Waals surface area (Å²) in [6.45, 7) is 16.6. The van der Waals surface area contributed by atoms with Crippen LogP contribution in [0.4, 0.5) is 0 Å². The van der Waals surface area contributed by atoms with E-state index in [9.17, 15) is 0 Å². The van der Waals surface area contributed by atoms with Crippen LogP contribution in [-0.2, 0) is 0 Å². The van der Waals surface area contributed by atoms with Crippen LogP contribution in [0.3, 0.4) is 0 Å². The van der Waals surface area contributed by atoms with Gasteiger partial charge >= 0.3 is 6.34 Å². The van der Waals surface area contributed by atoms with Crippen LogP contribution < -0.4 is 4.90 Å². The van der Waals surface area contributed by atoms with Crippen molar-refractivity contribution in [3.63, 3.8) is 0 Å². The lowest BCUT2D eigenvalue weighted by Gasteiger charge is -2.20. The van der Waals surface area contributed by atoms with Crippen LogP contribution in [0.25, 0.3) is 0 Å². The lowest BCUT2D eigenvalue weighted by Crippen LogP contribution is -3.06. The molecule has 2 nitrogen and oxygen atoms in total. The highest BCUT2D eigenvalue weighted by Crippen LogP contribution is 2.27. The van der Waals surface area contributed by atoms with Gasteiger partial charge in [0.15, 0.2) is 12.7 Å². The second kappa shape index (κ2) is 18.2. The molecule has 1 heterocycles. The number of nitrogens with one attached hydrogen (secondary N) is 1. The molecule has 0 aromatic rings. The fourth-order valence-corrected chi connectivity index (χ4v) is 5.65. The van der Waals surface area contributed by atoms with Gasteiger partial charge in [-0.15, -0.1) is 0 Å². The van der Waals surface area contributed by atoms with Gasteiger partial charge in [-0.2, -0.15) is 16.3 Å². The third-order valence-corrected chi connectivity index (χ3v) is 8.03. The highest BCUT2D eigenvalue weighted by Gasteiger charge is 2.18. The monoisotopic (exact) mass is 452 g/mol. The average Bonchev–Trinajstić information content (AvgIpc) is 3.17. The van der Waals surface area contributed by atoms with Crippen LogP contribution in [0, 0.1) is 17.8 Å². The summed E-state index contributed by atoms with van der Waals surface area (Å²) >= 11 is 2.28. The minimum Gasteiger partial charge on any atom is -0.222 e. The molecule has 0 saturated carbocycles. The molecular weight excluding hydrogens is 396 g/mol. The fourth-order valence-electron chi connectivity index (χ4n) is 4.37. The molecule has 3 unspecified atom stereocenters. The number of hydrogen-bond acceptors (Lipinski definition) is 1. The van der Waals surface area contributed by atoms with Gasteiger partial charge in [0, 0.05) is 18.1 Å². The highest BCUT2D eigenvalue weighted by atomic mass is 32.2. The van der Waals surface area contributed by atoms with Gasteiger partial charge in [-0.05, 0) is 42.8 Å². The quantitative estimate of drug-likeness (QED) is 0.152. The van der Waals surface area contributed by atoms with E-state index in [0.717, 1.165) is 23.0 Å². The summed E-state index contributed by atoms with van der Waals surface area (Å²) in [7, 11) is 0. The van der Waals surface area contributed by atoms with Crippen molar-refractivity contribution in [2.45, 2.75) is 124 Å². The molecular formula is C28H56N2S+2. The molecule has 0 spiro atoms. The molecule has 0 saturated heterocycles. The lowest BCUT2D eigenvalue weighted by molar-refractivity contribution is -0.749. The molecule has 0 aromatic heterocycles. The number of thioether (sulfide) groups is 1. The van der Waals surface area contributed by atoms with Gasteiger partial charge in [0.2, 0.25) is 6.20 Å². The van der Waals surface area contributed by atoms with E-state index >= 15 is 0 Å². The van der Waals surface area contributed by atoms with Crippen molar-refractivity contribution in [3.05, 3.63) is 12.4 Å². The number of unbranched alkanes of at least 4 members (excludes halogenated alkanes) is 2. The Morgan fingerprint density at radius 2 is 1.48 bits per heavy atom. The Kier molecular flexibility index (Phi) is 16.9. The summed E-state index contributed by atoms with van der Waals surface area (Å²) in [5, 5.41) is 0.883. The molecule has 1 rings (SSSR count). The molecule has 0 fully saturated rings. The second-order valence-corrected chi connectivity index (χ2v) is 12.3. The topological polar surface area (TPSA) is 7.45 Å². The number of nitrogens with zero attached hydrogens (tertiary/aromatic N) is 1. The fraction of sp³-hybridized carbons (Fsp3) is 0.893. The van der Waals surface area contributed by atoms with Gasteiger partial charge in [-0.25, -0.2) is 4.90 Å². The summed E-state index contributed by atoms with van der Waals surface area (Å²) in [5.41, 5.74) is 0. The first kappa shape index (κ1) is 28.8. The number of hydrogen-bond donors (Lipinski definition) is 1. The Hall–Kier alpha value is -0.280. The molecule has 0 aromatic carbocycles. The highest BCUT2D eigenvalue weighted by molar-refractivity contribution is 7.99. The largest absolute Gasteiger partial charge is 0.335 e. The van der Waals surface area contributed by atoms with E-state index in [0.29, 0.717) is 0 Å². The Morgan fingerprint density at radius 1 is 0.774 bits per heavy atom. The van der Waals surface area contributed by atoms with Gasteiger partial charge in [0.25, 0.3) is 0 Å². The van der Waals surface area contributed by atoms with E-state index < -0.39 is 0 Å². The molecule has 1 aliphatic heterocycles. The van der Waals surface area contributed by atoms with Crippen LogP contribution in [0.2, 0.25) is 0 Å². The second-order valence-electron chi connectivity index (χ2n) is 10.9. The van der Waals surface area contributed by atoms with Crippen molar-refractivity contribution in [2.24, 2.45) is 17.8 Å². The van der Waals surface area contributed by atoms with E-state index in [1.807, 2.05) is 0 Å². The summed E-state index contributed by atoms with van der Waals surface area (Å²) in [4.78, 5) is 1.53. The van der Waals surface area contributed by atoms with Crippen molar-refractivity contribution >= 4 is 18.1 Å².